The molecule has 1 aromatic rings. The summed E-state index contributed by atoms with van der Waals surface area (Å²) in [5.41, 5.74) is 0.0741. The van der Waals surface area contributed by atoms with Gasteiger partial charge in [0.25, 0.3) is 5.91 Å². The van der Waals surface area contributed by atoms with Gasteiger partial charge >= 0.3 is 0 Å². The van der Waals surface area contributed by atoms with Crippen LogP contribution in [-0.4, -0.2) is 36.4 Å². The fraction of sp³-hybridized carbons (Fsp3) is 0.500. The molecule has 2 unspecified atom stereocenters. The molecule has 0 aliphatic carbocycles. The van der Waals surface area contributed by atoms with Crippen LogP contribution in [0.25, 0.3) is 0 Å². The monoisotopic (exact) mass is 285 g/mol. The molecule has 104 valence electrons. The van der Waals surface area contributed by atoms with Crippen LogP contribution in [0, 0.1) is 11.7 Å². The van der Waals surface area contributed by atoms with Crippen LogP contribution in [0.2, 0.25) is 0 Å². The van der Waals surface area contributed by atoms with Gasteiger partial charge in [0.1, 0.15) is 11.6 Å². The van der Waals surface area contributed by atoms with Crippen LogP contribution in [0.15, 0.2) is 18.2 Å². The fourth-order valence-electron chi connectivity index (χ4n) is 2.45. The molecule has 2 atom stereocenters. The molecular formula is C14H17ClFNO2. The Hall–Kier alpha value is -1.29. The number of nitrogens with zero attached hydrogens (tertiary/aromatic N) is 1. The number of alkyl halides is 1. The third kappa shape index (κ3) is 2.68. The molecule has 1 saturated heterocycles. The highest BCUT2D eigenvalue weighted by Gasteiger charge is 2.35. The lowest BCUT2D eigenvalue weighted by Gasteiger charge is -2.25. The number of benzene rings is 1. The van der Waals surface area contributed by atoms with E-state index >= 15 is 0 Å². The van der Waals surface area contributed by atoms with Crippen molar-refractivity contribution in [1.82, 2.24) is 4.90 Å². The number of rotatable bonds is 3. The Bertz CT molecular complexity index is 481. The van der Waals surface area contributed by atoms with E-state index in [1.54, 1.807) is 11.0 Å². The van der Waals surface area contributed by atoms with E-state index in [2.05, 4.69) is 6.92 Å². The Morgan fingerprint density at radius 2 is 2.32 bits per heavy atom. The smallest absolute Gasteiger partial charge is 0.257 e. The van der Waals surface area contributed by atoms with Crippen LogP contribution < -0.4 is 4.74 Å². The van der Waals surface area contributed by atoms with Gasteiger partial charge in [-0.05, 0) is 24.5 Å². The van der Waals surface area contributed by atoms with Crippen molar-refractivity contribution in [2.75, 3.05) is 19.5 Å². The third-order valence-corrected chi connectivity index (χ3v) is 4.02. The number of hydrogen-bond acceptors (Lipinski definition) is 2. The van der Waals surface area contributed by atoms with Crippen LogP contribution in [0.3, 0.4) is 0 Å². The first kappa shape index (κ1) is 14.1. The summed E-state index contributed by atoms with van der Waals surface area (Å²) < 4.78 is 18.8. The van der Waals surface area contributed by atoms with Crippen LogP contribution in [0.4, 0.5) is 4.39 Å². The lowest BCUT2D eigenvalue weighted by atomic mass is 10.0. The summed E-state index contributed by atoms with van der Waals surface area (Å²) in [6, 6.07) is 4.26. The average Bonchev–Trinajstić information content (AvgIpc) is 2.78. The van der Waals surface area contributed by atoms with Gasteiger partial charge in [0.05, 0.1) is 12.7 Å². The maximum absolute atomic E-state index is 13.9. The second-order valence-corrected chi connectivity index (χ2v) is 5.14. The summed E-state index contributed by atoms with van der Waals surface area (Å²) in [6.07, 6.45) is 0.904. The van der Waals surface area contributed by atoms with E-state index < -0.39 is 5.82 Å². The molecule has 0 saturated carbocycles. The zero-order valence-corrected chi connectivity index (χ0v) is 11.8. The molecule has 0 bridgehead atoms. The van der Waals surface area contributed by atoms with Crippen molar-refractivity contribution in [3.63, 3.8) is 0 Å². The summed E-state index contributed by atoms with van der Waals surface area (Å²) in [5.74, 6) is 0.276. The van der Waals surface area contributed by atoms with E-state index in [0.717, 1.165) is 6.42 Å². The first-order chi connectivity index (χ1) is 9.08. The Morgan fingerprint density at radius 3 is 2.89 bits per heavy atom. The van der Waals surface area contributed by atoms with Gasteiger partial charge in [-0.3, -0.25) is 4.79 Å². The van der Waals surface area contributed by atoms with Crippen LogP contribution in [0.5, 0.6) is 5.75 Å². The van der Waals surface area contributed by atoms with Crippen molar-refractivity contribution < 1.29 is 13.9 Å². The first-order valence-corrected chi connectivity index (χ1v) is 6.82. The zero-order chi connectivity index (χ0) is 14.0. The number of carbonyl (C=O) groups excluding carboxylic acids is 1. The lowest BCUT2D eigenvalue weighted by molar-refractivity contribution is 0.0732. The number of methoxy groups -OCH3 is 1. The maximum Gasteiger partial charge on any atom is 0.257 e. The average molecular weight is 286 g/mol. The molecule has 0 spiro atoms. The highest BCUT2D eigenvalue weighted by atomic mass is 35.5. The van der Waals surface area contributed by atoms with Gasteiger partial charge in [0.2, 0.25) is 0 Å². The molecule has 0 aromatic heterocycles. The zero-order valence-electron chi connectivity index (χ0n) is 11.0. The van der Waals surface area contributed by atoms with Gasteiger partial charge < -0.3 is 9.64 Å². The van der Waals surface area contributed by atoms with E-state index in [0.29, 0.717) is 24.1 Å². The first-order valence-electron chi connectivity index (χ1n) is 6.29. The van der Waals surface area contributed by atoms with E-state index in [4.69, 9.17) is 16.3 Å². The molecule has 1 aliphatic heterocycles. The second kappa shape index (κ2) is 5.78. The molecule has 1 aliphatic rings. The van der Waals surface area contributed by atoms with E-state index in [1.807, 2.05) is 0 Å². The summed E-state index contributed by atoms with van der Waals surface area (Å²) in [4.78, 5) is 14.0. The molecule has 5 heteroatoms. The van der Waals surface area contributed by atoms with Gasteiger partial charge in [0, 0.05) is 24.5 Å². The van der Waals surface area contributed by atoms with Crippen molar-refractivity contribution in [1.29, 1.82) is 0 Å². The fourth-order valence-corrected chi connectivity index (χ4v) is 2.92. The molecule has 1 aromatic carbocycles. The minimum atomic E-state index is -0.558. The third-order valence-electron chi connectivity index (χ3n) is 3.71. The summed E-state index contributed by atoms with van der Waals surface area (Å²) in [7, 11) is 1.46. The molecule has 3 nitrogen and oxygen atoms in total. The number of likely N-dealkylation sites (tertiary alicyclic amines) is 1. The molecule has 0 radical (unpaired) electrons. The quantitative estimate of drug-likeness (QED) is 0.799. The van der Waals surface area contributed by atoms with Gasteiger partial charge in [-0.2, -0.15) is 0 Å². The summed E-state index contributed by atoms with van der Waals surface area (Å²) in [6.45, 7) is 2.69. The molecule has 2 rings (SSSR count). The topological polar surface area (TPSA) is 29.5 Å². The van der Waals surface area contributed by atoms with Gasteiger partial charge in [0.15, 0.2) is 0 Å². The number of carbonyl (C=O) groups is 1. The lowest BCUT2D eigenvalue weighted by Crippen LogP contribution is -2.39. The molecule has 19 heavy (non-hydrogen) atoms. The van der Waals surface area contributed by atoms with Crippen LogP contribution in [-0.2, 0) is 0 Å². The van der Waals surface area contributed by atoms with Gasteiger partial charge in [-0.1, -0.05) is 6.92 Å². The van der Waals surface area contributed by atoms with Crippen molar-refractivity contribution >= 4 is 17.5 Å². The summed E-state index contributed by atoms with van der Waals surface area (Å²) >= 11 is 5.91. The van der Waals surface area contributed by atoms with Crippen molar-refractivity contribution in [3.05, 3.63) is 29.6 Å². The highest BCUT2D eigenvalue weighted by molar-refractivity contribution is 6.18. The van der Waals surface area contributed by atoms with Crippen molar-refractivity contribution in [2.45, 2.75) is 19.4 Å². The predicted molar refractivity (Wildman–Crippen MR) is 72.3 cm³/mol. The number of amides is 1. The maximum atomic E-state index is 13.9. The van der Waals surface area contributed by atoms with E-state index in [-0.39, 0.29) is 17.5 Å². The number of hydrogen-bond donors (Lipinski definition) is 0. The van der Waals surface area contributed by atoms with Crippen LogP contribution in [0.1, 0.15) is 23.7 Å². The standard InChI is InChI=1S/C14H17ClFNO2/c1-9-5-6-17(13(9)8-15)14(18)11-4-3-10(19-2)7-12(11)16/h3-4,7,9,13H,5-6,8H2,1-2H3. The Labute approximate surface area is 117 Å². The van der Waals surface area contributed by atoms with Crippen molar-refractivity contribution in [3.8, 4) is 5.75 Å². The Balaban J connectivity index is 2.24. The largest absolute Gasteiger partial charge is 0.497 e. The minimum Gasteiger partial charge on any atom is -0.497 e. The SMILES string of the molecule is COc1ccc(C(=O)N2CCC(C)C2CCl)c(F)c1. The van der Waals surface area contributed by atoms with Crippen LogP contribution >= 0.6 is 11.6 Å². The number of halogens is 2. The molecule has 1 amide bonds. The minimum absolute atomic E-state index is 0.0179. The van der Waals surface area contributed by atoms with Gasteiger partial charge in [-0.25, -0.2) is 4.39 Å². The Morgan fingerprint density at radius 1 is 1.58 bits per heavy atom. The van der Waals surface area contributed by atoms with E-state index in [9.17, 15) is 9.18 Å². The molecule has 0 N–H and O–H groups in total. The van der Waals surface area contributed by atoms with Crippen molar-refractivity contribution in [2.24, 2.45) is 5.92 Å². The van der Waals surface area contributed by atoms with E-state index in [1.165, 1.54) is 19.2 Å². The Kier molecular flexibility index (Phi) is 4.30. The molecule has 1 heterocycles. The normalized spacial score (nSPS) is 22.6. The summed E-state index contributed by atoms with van der Waals surface area (Å²) in [5, 5.41) is 0. The highest BCUT2D eigenvalue weighted by Crippen LogP contribution is 2.27. The predicted octanol–water partition coefficient (Wildman–Crippen LogP) is 2.92. The second-order valence-electron chi connectivity index (χ2n) is 4.83. The molecular weight excluding hydrogens is 269 g/mol. The van der Waals surface area contributed by atoms with Gasteiger partial charge in [-0.15, -0.1) is 11.6 Å². The molecule has 1 fully saturated rings. The number of ether oxygens (including phenoxy) is 1.